The van der Waals surface area contributed by atoms with E-state index in [0.717, 1.165) is 30.6 Å². The normalized spacial score (nSPS) is 30.6. The van der Waals surface area contributed by atoms with Gasteiger partial charge in [-0.2, -0.15) is 0 Å². The summed E-state index contributed by atoms with van der Waals surface area (Å²) < 4.78 is 25.1. The molecule has 0 nitrogen and oxygen atoms in total. The van der Waals surface area contributed by atoms with Gasteiger partial charge in [0, 0.05) is 0 Å². The van der Waals surface area contributed by atoms with Crippen LogP contribution in [0.4, 0.5) is 8.78 Å². The minimum absolute atomic E-state index is 0.130. The van der Waals surface area contributed by atoms with Crippen molar-refractivity contribution in [3.8, 4) is 0 Å². The first-order valence-electron chi connectivity index (χ1n) is 10.3. The lowest BCUT2D eigenvalue weighted by molar-refractivity contribution is 0.156. The van der Waals surface area contributed by atoms with Gasteiger partial charge in [0.2, 0.25) is 0 Å². The minimum atomic E-state index is -0.130. The quantitative estimate of drug-likeness (QED) is 0.466. The highest BCUT2D eigenvalue weighted by Crippen LogP contribution is 2.44. The minimum Gasteiger partial charge on any atom is -0.216 e. The van der Waals surface area contributed by atoms with Gasteiger partial charge in [0.25, 0.3) is 0 Å². The lowest BCUT2D eigenvalue weighted by atomic mass is 9.68. The molecule has 0 N–H and O–H groups in total. The van der Waals surface area contributed by atoms with Crippen molar-refractivity contribution in [3.63, 3.8) is 0 Å². The first kappa shape index (κ1) is 18.6. The molecule has 0 heterocycles. The molecule has 0 unspecified atom stereocenters. The van der Waals surface area contributed by atoms with Crippen LogP contribution < -0.4 is 0 Å². The van der Waals surface area contributed by atoms with E-state index < -0.39 is 0 Å². The maximum Gasteiger partial charge on any atom is 0.123 e. The van der Waals surface area contributed by atoms with Crippen LogP contribution in [0.15, 0.2) is 36.7 Å². The van der Waals surface area contributed by atoms with Crippen molar-refractivity contribution in [2.24, 2.45) is 17.8 Å². The Hall–Kier alpha value is -1.18. The van der Waals surface area contributed by atoms with Crippen LogP contribution in [-0.4, -0.2) is 0 Å². The Bertz CT molecular complexity index is 518. The van der Waals surface area contributed by atoms with Crippen molar-refractivity contribution >= 4 is 0 Å². The highest BCUT2D eigenvalue weighted by Gasteiger charge is 2.31. The van der Waals surface area contributed by atoms with Crippen molar-refractivity contribution in [1.29, 1.82) is 0 Å². The Morgan fingerprint density at radius 2 is 1.44 bits per heavy atom. The van der Waals surface area contributed by atoms with Crippen LogP contribution in [0.25, 0.3) is 0 Å². The van der Waals surface area contributed by atoms with Crippen LogP contribution in [0.5, 0.6) is 0 Å². The zero-order chi connectivity index (χ0) is 17.5. The lowest BCUT2D eigenvalue weighted by Gasteiger charge is -2.38. The summed E-state index contributed by atoms with van der Waals surface area (Å²) in [5.74, 6) is 3.22. The first-order valence-corrected chi connectivity index (χ1v) is 10.3. The lowest BCUT2D eigenvalue weighted by Crippen LogP contribution is -2.25. The molecule has 138 valence electrons. The zero-order valence-electron chi connectivity index (χ0n) is 15.3. The Kier molecular flexibility index (Phi) is 7.07. The number of hydrogen-bond acceptors (Lipinski definition) is 0. The summed E-state index contributed by atoms with van der Waals surface area (Å²) >= 11 is 0. The maximum absolute atomic E-state index is 13.1. The molecule has 2 heteroatoms. The maximum atomic E-state index is 13.1. The monoisotopic (exact) mass is 346 g/mol. The molecule has 0 spiro atoms. The standard InChI is InChI=1S/C23H32F2/c24-17-3-1-2-4-18-5-7-19(8-6-18)20-9-11-21(12-10-20)22-13-15-23(25)16-14-22/h3,13-21H,1-2,4-12H2/b17-3+/t18-,19-,20-,21-. The second-order valence-electron chi connectivity index (χ2n) is 8.24. The van der Waals surface area contributed by atoms with E-state index in [9.17, 15) is 8.78 Å². The van der Waals surface area contributed by atoms with E-state index in [1.54, 1.807) is 18.2 Å². The SMILES string of the molecule is F/C=C/CCC[C@H]1CC[C@H]([C@H]2CC[C@H](c3ccc(F)cc3)CC2)CC1. The first-order chi connectivity index (χ1) is 12.3. The van der Waals surface area contributed by atoms with Gasteiger partial charge in [-0.05, 0) is 92.7 Å². The number of benzene rings is 1. The molecule has 2 aliphatic rings. The third kappa shape index (κ3) is 5.39. The largest absolute Gasteiger partial charge is 0.216 e. The molecule has 2 fully saturated rings. The van der Waals surface area contributed by atoms with E-state index in [1.807, 2.05) is 12.1 Å². The third-order valence-corrected chi connectivity index (χ3v) is 6.74. The molecule has 0 atom stereocenters. The predicted molar refractivity (Wildman–Crippen MR) is 101 cm³/mol. The molecular weight excluding hydrogens is 314 g/mol. The highest BCUT2D eigenvalue weighted by molar-refractivity contribution is 5.20. The van der Waals surface area contributed by atoms with Gasteiger partial charge < -0.3 is 0 Å². The van der Waals surface area contributed by atoms with Crippen LogP contribution in [0.3, 0.4) is 0 Å². The molecule has 1 aromatic rings. The summed E-state index contributed by atoms with van der Waals surface area (Å²) in [6.45, 7) is 0. The topological polar surface area (TPSA) is 0 Å². The fourth-order valence-corrected chi connectivity index (χ4v) is 5.19. The molecule has 0 bridgehead atoms. The van der Waals surface area contributed by atoms with Crippen LogP contribution in [0.1, 0.15) is 82.1 Å². The number of hydrogen-bond donors (Lipinski definition) is 0. The van der Waals surface area contributed by atoms with Gasteiger partial charge in [-0.1, -0.05) is 37.5 Å². The van der Waals surface area contributed by atoms with Crippen molar-refractivity contribution < 1.29 is 8.78 Å². The van der Waals surface area contributed by atoms with Gasteiger partial charge in [0.15, 0.2) is 0 Å². The van der Waals surface area contributed by atoms with Crippen molar-refractivity contribution in [2.75, 3.05) is 0 Å². The van der Waals surface area contributed by atoms with E-state index in [-0.39, 0.29) is 5.82 Å². The van der Waals surface area contributed by atoms with E-state index >= 15 is 0 Å². The molecular formula is C23H32F2. The van der Waals surface area contributed by atoms with Gasteiger partial charge in [-0.15, -0.1) is 0 Å². The Morgan fingerprint density at radius 1 is 0.840 bits per heavy atom. The van der Waals surface area contributed by atoms with Gasteiger partial charge >= 0.3 is 0 Å². The second kappa shape index (κ2) is 9.50. The van der Waals surface area contributed by atoms with E-state index in [0.29, 0.717) is 12.2 Å². The summed E-state index contributed by atoms with van der Waals surface area (Å²) in [6, 6.07) is 7.16. The Labute approximate surface area is 151 Å². The summed E-state index contributed by atoms with van der Waals surface area (Å²) in [6.07, 6.45) is 16.4. The Balaban J connectivity index is 1.38. The Morgan fingerprint density at radius 3 is 2.04 bits per heavy atom. The molecule has 1 aromatic carbocycles. The van der Waals surface area contributed by atoms with Crippen LogP contribution in [0.2, 0.25) is 0 Å². The molecule has 0 saturated heterocycles. The van der Waals surface area contributed by atoms with Gasteiger partial charge in [-0.3, -0.25) is 0 Å². The van der Waals surface area contributed by atoms with Crippen molar-refractivity contribution in [3.05, 3.63) is 48.1 Å². The molecule has 25 heavy (non-hydrogen) atoms. The van der Waals surface area contributed by atoms with Crippen molar-refractivity contribution in [2.45, 2.75) is 76.5 Å². The number of unbranched alkanes of at least 4 members (excludes halogenated alkanes) is 1. The van der Waals surface area contributed by atoms with Crippen LogP contribution in [-0.2, 0) is 0 Å². The number of halogens is 2. The average Bonchev–Trinajstić information content (AvgIpc) is 2.67. The molecule has 0 radical (unpaired) electrons. The summed E-state index contributed by atoms with van der Waals surface area (Å²) in [5.41, 5.74) is 1.32. The fourth-order valence-electron chi connectivity index (χ4n) is 5.19. The van der Waals surface area contributed by atoms with E-state index in [1.165, 1.54) is 63.4 Å². The highest BCUT2D eigenvalue weighted by atomic mass is 19.1. The molecule has 2 saturated carbocycles. The number of allylic oxidation sites excluding steroid dienone is 1. The summed E-state index contributed by atoms with van der Waals surface area (Å²) in [4.78, 5) is 0. The number of rotatable bonds is 6. The molecule has 0 aliphatic heterocycles. The van der Waals surface area contributed by atoms with Gasteiger partial charge in [0.05, 0.1) is 6.33 Å². The van der Waals surface area contributed by atoms with Crippen LogP contribution >= 0.6 is 0 Å². The van der Waals surface area contributed by atoms with Gasteiger partial charge in [-0.25, -0.2) is 8.78 Å². The molecule has 0 aromatic heterocycles. The predicted octanol–water partition coefficient (Wildman–Crippen LogP) is 7.56. The van der Waals surface area contributed by atoms with E-state index in [2.05, 4.69) is 0 Å². The summed E-state index contributed by atoms with van der Waals surface area (Å²) in [5, 5.41) is 0. The zero-order valence-corrected chi connectivity index (χ0v) is 15.3. The second-order valence-corrected chi connectivity index (χ2v) is 8.24. The third-order valence-electron chi connectivity index (χ3n) is 6.74. The van der Waals surface area contributed by atoms with Gasteiger partial charge in [0.1, 0.15) is 5.82 Å². The van der Waals surface area contributed by atoms with Crippen LogP contribution in [0, 0.1) is 23.6 Å². The smallest absolute Gasteiger partial charge is 0.123 e. The van der Waals surface area contributed by atoms with E-state index in [4.69, 9.17) is 0 Å². The fraction of sp³-hybridized carbons (Fsp3) is 0.652. The van der Waals surface area contributed by atoms with Crippen molar-refractivity contribution in [1.82, 2.24) is 0 Å². The molecule has 0 amide bonds. The molecule has 2 aliphatic carbocycles. The average molecular weight is 347 g/mol. The molecule has 3 rings (SSSR count). The summed E-state index contributed by atoms with van der Waals surface area (Å²) in [7, 11) is 0.